The normalized spacial score (nSPS) is 18.9. The van der Waals surface area contributed by atoms with Crippen LogP contribution in [0.25, 0.3) is 0 Å². The van der Waals surface area contributed by atoms with Crippen LogP contribution >= 0.6 is 0 Å². The van der Waals surface area contributed by atoms with E-state index < -0.39 is 5.41 Å². The van der Waals surface area contributed by atoms with Gasteiger partial charge in [-0.15, -0.1) is 0 Å². The summed E-state index contributed by atoms with van der Waals surface area (Å²) in [7, 11) is 0. The maximum absolute atomic E-state index is 13.8. The minimum absolute atomic E-state index is 0.0182. The maximum Gasteiger partial charge on any atom is 0.329 e. The molecular formula is C25H36O4. The van der Waals surface area contributed by atoms with Crippen LogP contribution in [0.5, 0.6) is 5.75 Å². The second-order valence-corrected chi connectivity index (χ2v) is 8.73. The maximum atomic E-state index is 13.8. The molecular weight excluding hydrogens is 364 g/mol. The summed E-state index contributed by atoms with van der Waals surface area (Å²) in [6, 6.07) is 9.17. The summed E-state index contributed by atoms with van der Waals surface area (Å²) >= 11 is 0. The molecule has 0 aliphatic heterocycles. The third-order valence-electron chi connectivity index (χ3n) is 6.86. The summed E-state index contributed by atoms with van der Waals surface area (Å²) in [5, 5.41) is 0. The van der Waals surface area contributed by atoms with Crippen molar-refractivity contribution in [3.05, 3.63) is 30.3 Å². The Balaban J connectivity index is 1.96. The second-order valence-electron chi connectivity index (χ2n) is 8.73. The highest BCUT2D eigenvalue weighted by atomic mass is 16.6. The fraction of sp³-hybridized carbons (Fsp3) is 0.680. The zero-order valence-electron chi connectivity index (χ0n) is 17.9. The number of rotatable bonds is 8. The summed E-state index contributed by atoms with van der Waals surface area (Å²) in [5.74, 6) is -0.168. The number of carbonyl (C=O) groups excluding carboxylic acids is 2. The Morgan fingerprint density at radius 1 is 0.862 bits per heavy atom. The first-order valence-electron chi connectivity index (χ1n) is 11.6. The van der Waals surface area contributed by atoms with Crippen molar-refractivity contribution in [1.82, 2.24) is 0 Å². The van der Waals surface area contributed by atoms with E-state index >= 15 is 0 Å². The monoisotopic (exact) mass is 400 g/mol. The zero-order chi connectivity index (χ0) is 20.5. The predicted octanol–water partition coefficient (Wildman–Crippen LogP) is 6.08. The average molecular weight is 401 g/mol. The lowest BCUT2D eigenvalue weighted by Gasteiger charge is -2.44. The fourth-order valence-corrected chi connectivity index (χ4v) is 5.31. The molecule has 160 valence electrons. The molecule has 0 spiro atoms. The highest BCUT2D eigenvalue weighted by Crippen LogP contribution is 2.50. The van der Waals surface area contributed by atoms with E-state index in [1.807, 2.05) is 18.2 Å². The first-order chi connectivity index (χ1) is 14.2. The first kappa shape index (κ1) is 21.9. The van der Waals surface area contributed by atoms with Crippen LogP contribution in [-0.2, 0) is 14.3 Å². The topological polar surface area (TPSA) is 52.6 Å². The molecule has 1 aromatic rings. The molecule has 0 aromatic heterocycles. The number of benzene rings is 1. The van der Waals surface area contributed by atoms with E-state index in [1.165, 1.54) is 12.8 Å². The second kappa shape index (κ2) is 10.8. The van der Waals surface area contributed by atoms with Gasteiger partial charge >= 0.3 is 11.9 Å². The number of hydrogen-bond donors (Lipinski definition) is 0. The highest BCUT2D eigenvalue weighted by molar-refractivity contribution is 6.01. The van der Waals surface area contributed by atoms with Gasteiger partial charge in [0.1, 0.15) is 5.75 Å². The van der Waals surface area contributed by atoms with Gasteiger partial charge in [0, 0.05) is 0 Å². The molecule has 0 unspecified atom stereocenters. The molecule has 0 N–H and O–H groups in total. The van der Waals surface area contributed by atoms with Crippen LogP contribution in [-0.4, -0.2) is 18.5 Å². The number of ether oxygens (including phenoxy) is 2. The Labute approximate surface area is 175 Å². The van der Waals surface area contributed by atoms with Gasteiger partial charge in [-0.1, -0.05) is 70.1 Å². The van der Waals surface area contributed by atoms with Gasteiger partial charge in [-0.2, -0.15) is 0 Å². The Morgan fingerprint density at radius 2 is 1.41 bits per heavy atom. The summed E-state index contributed by atoms with van der Waals surface area (Å²) in [5.41, 5.74) is -1.16. The Hall–Kier alpha value is -1.84. The number of para-hydroxylation sites is 1. The van der Waals surface area contributed by atoms with Gasteiger partial charge in [0.05, 0.1) is 6.61 Å². The van der Waals surface area contributed by atoms with Crippen molar-refractivity contribution in [3.63, 3.8) is 0 Å². The van der Waals surface area contributed by atoms with Gasteiger partial charge in [0.25, 0.3) is 0 Å². The minimum Gasteiger partial charge on any atom is -0.465 e. The molecule has 1 aromatic carbocycles. The van der Waals surface area contributed by atoms with Gasteiger partial charge in [-0.05, 0) is 56.1 Å². The van der Waals surface area contributed by atoms with E-state index in [2.05, 4.69) is 6.92 Å². The van der Waals surface area contributed by atoms with Gasteiger partial charge in [-0.25, -0.2) is 0 Å². The molecule has 0 saturated heterocycles. The lowest BCUT2D eigenvalue weighted by molar-refractivity contribution is -0.180. The molecule has 4 nitrogen and oxygen atoms in total. The molecule has 0 amide bonds. The number of esters is 2. The van der Waals surface area contributed by atoms with Gasteiger partial charge < -0.3 is 9.47 Å². The summed E-state index contributed by atoms with van der Waals surface area (Å²) in [6.45, 7) is 2.46. The van der Waals surface area contributed by atoms with Crippen molar-refractivity contribution in [2.45, 2.75) is 84.0 Å². The van der Waals surface area contributed by atoms with Gasteiger partial charge in [0.15, 0.2) is 5.41 Å². The Morgan fingerprint density at radius 3 is 1.93 bits per heavy atom. The van der Waals surface area contributed by atoms with Crippen molar-refractivity contribution < 1.29 is 19.1 Å². The smallest absolute Gasteiger partial charge is 0.329 e. The molecule has 29 heavy (non-hydrogen) atoms. The SMILES string of the molecule is CCCCOC(=O)C(C(=O)Oc1ccccc1)(C1CCCCC1)C1CCCCC1. The summed E-state index contributed by atoms with van der Waals surface area (Å²) in [6.07, 6.45) is 12.0. The van der Waals surface area contributed by atoms with Crippen LogP contribution in [0, 0.1) is 17.3 Å². The Kier molecular flexibility index (Phi) is 8.14. The standard InChI is InChI=1S/C25H36O4/c1-2-3-19-28-23(26)25(20-13-7-4-8-14-20,21-15-9-5-10-16-21)24(27)29-22-17-11-6-12-18-22/h6,11-12,17-18,20-21H,2-5,7-10,13-16,19H2,1H3. The van der Waals surface area contributed by atoms with E-state index in [9.17, 15) is 9.59 Å². The number of carbonyl (C=O) groups is 2. The zero-order valence-corrected chi connectivity index (χ0v) is 17.9. The van der Waals surface area contributed by atoms with E-state index in [4.69, 9.17) is 9.47 Å². The predicted molar refractivity (Wildman–Crippen MR) is 114 cm³/mol. The van der Waals surface area contributed by atoms with Crippen molar-refractivity contribution >= 4 is 11.9 Å². The van der Waals surface area contributed by atoms with Crippen LogP contribution in [0.15, 0.2) is 30.3 Å². The largest absolute Gasteiger partial charge is 0.465 e. The van der Waals surface area contributed by atoms with E-state index in [1.54, 1.807) is 12.1 Å². The molecule has 4 heteroatoms. The molecule has 2 aliphatic rings. The van der Waals surface area contributed by atoms with Crippen molar-refractivity contribution in [1.29, 1.82) is 0 Å². The molecule has 0 heterocycles. The van der Waals surface area contributed by atoms with E-state index in [0.717, 1.165) is 64.2 Å². The third kappa shape index (κ3) is 5.02. The van der Waals surface area contributed by atoms with Crippen LogP contribution < -0.4 is 4.74 Å². The number of hydrogen-bond acceptors (Lipinski definition) is 4. The van der Waals surface area contributed by atoms with Crippen molar-refractivity contribution in [2.24, 2.45) is 17.3 Å². The van der Waals surface area contributed by atoms with Crippen LogP contribution in [0.3, 0.4) is 0 Å². The van der Waals surface area contributed by atoms with Crippen molar-refractivity contribution in [3.8, 4) is 5.75 Å². The molecule has 0 bridgehead atoms. The molecule has 0 radical (unpaired) electrons. The lowest BCUT2D eigenvalue weighted by atomic mass is 9.58. The molecule has 3 rings (SSSR count). The van der Waals surface area contributed by atoms with E-state index in [0.29, 0.717) is 12.4 Å². The molecule has 2 aliphatic carbocycles. The third-order valence-corrected chi connectivity index (χ3v) is 6.86. The summed E-state index contributed by atoms with van der Waals surface area (Å²) < 4.78 is 11.6. The fourth-order valence-electron chi connectivity index (χ4n) is 5.31. The number of unbranched alkanes of at least 4 members (excludes halogenated alkanes) is 1. The van der Waals surface area contributed by atoms with Crippen LogP contribution in [0.4, 0.5) is 0 Å². The van der Waals surface area contributed by atoms with E-state index in [-0.39, 0.29) is 23.8 Å². The highest BCUT2D eigenvalue weighted by Gasteiger charge is 2.59. The van der Waals surface area contributed by atoms with Crippen molar-refractivity contribution in [2.75, 3.05) is 6.61 Å². The van der Waals surface area contributed by atoms with Crippen LogP contribution in [0.1, 0.15) is 84.0 Å². The molecule has 2 fully saturated rings. The van der Waals surface area contributed by atoms with Gasteiger partial charge in [-0.3, -0.25) is 9.59 Å². The molecule has 2 saturated carbocycles. The first-order valence-corrected chi connectivity index (χ1v) is 11.6. The summed E-state index contributed by atoms with van der Waals surface area (Å²) in [4.78, 5) is 27.4. The molecule has 0 atom stereocenters. The van der Waals surface area contributed by atoms with Gasteiger partial charge in [0.2, 0.25) is 0 Å². The average Bonchev–Trinajstić information content (AvgIpc) is 2.77. The lowest BCUT2D eigenvalue weighted by Crippen LogP contribution is -2.55. The quantitative estimate of drug-likeness (QED) is 0.230. The van der Waals surface area contributed by atoms with Crippen LogP contribution in [0.2, 0.25) is 0 Å². The minimum atomic E-state index is -1.16. The Bertz CT molecular complexity index is 624.